The minimum Gasteiger partial charge on any atom is -0.341 e. The molecule has 0 bridgehead atoms. The molecule has 0 aromatic carbocycles. The van der Waals surface area contributed by atoms with Crippen molar-refractivity contribution in [2.75, 3.05) is 29.4 Å². The van der Waals surface area contributed by atoms with Crippen LogP contribution in [0.5, 0.6) is 0 Å². The maximum absolute atomic E-state index is 6.06. The molecule has 1 saturated carbocycles. The van der Waals surface area contributed by atoms with Gasteiger partial charge in [-0.25, -0.2) is 0 Å². The summed E-state index contributed by atoms with van der Waals surface area (Å²) in [7, 11) is 0. The molecule has 0 spiro atoms. The lowest BCUT2D eigenvalue weighted by Crippen LogP contribution is -2.30. The lowest BCUT2D eigenvalue weighted by molar-refractivity contribution is 0.722. The Morgan fingerprint density at radius 2 is 1.68 bits per heavy atom. The fourth-order valence-electron chi connectivity index (χ4n) is 2.18. The first-order chi connectivity index (χ1) is 9.19. The predicted octanol–water partition coefficient (Wildman–Crippen LogP) is 2.75. The lowest BCUT2D eigenvalue weighted by atomic mass is 10.4. The first-order valence-corrected chi connectivity index (χ1v) is 7.50. The van der Waals surface area contributed by atoms with E-state index in [1.807, 2.05) is 0 Å². The molecule has 0 radical (unpaired) electrons. The van der Waals surface area contributed by atoms with Gasteiger partial charge in [0.15, 0.2) is 0 Å². The van der Waals surface area contributed by atoms with E-state index >= 15 is 0 Å². The van der Waals surface area contributed by atoms with Crippen molar-refractivity contribution in [3.05, 3.63) is 5.28 Å². The van der Waals surface area contributed by atoms with Crippen molar-refractivity contribution in [3.63, 3.8) is 0 Å². The van der Waals surface area contributed by atoms with E-state index in [0.29, 0.717) is 12.0 Å². The van der Waals surface area contributed by atoms with E-state index in [4.69, 9.17) is 11.6 Å². The Hall–Kier alpha value is -1.10. The number of anilines is 2. The van der Waals surface area contributed by atoms with Gasteiger partial charge in [-0.15, -0.1) is 0 Å². The fourth-order valence-corrected chi connectivity index (χ4v) is 2.33. The Kier molecular flexibility index (Phi) is 4.80. The van der Waals surface area contributed by atoms with Crippen LogP contribution < -0.4 is 9.80 Å². The van der Waals surface area contributed by atoms with Crippen LogP contribution in [0.1, 0.15) is 40.0 Å². The van der Waals surface area contributed by atoms with Crippen LogP contribution in [0.3, 0.4) is 0 Å². The molecule has 0 saturated heterocycles. The molecule has 0 unspecified atom stereocenters. The molecular formula is C13H22ClN5. The molecule has 19 heavy (non-hydrogen) atoms. The molecule has 1 aromatic heterocycles. The number of hydrogen-bond acceptors (Lipinski definition) is 5. The van der Waals surface area contributed by atoms with Gasteiger partial charge in [-0.05, 0) is 44.7 Å². The maximum Gasteiger partial charge on any atom is 0.231 e. The Balaban J connectivity index is 2.28. The second kappa shape index (κ2) is 6.37. The SMILES string of the molecule is CCCN(c1nc(Cl)nc(N(CC)CC)n1)C1CC1. The molecule has 1 aromatic rings. The van der Waals surface area contributed by atoms with Crippen molar-refractivity contribution < 1.29 is 0 Å². The van der Waals surface area contributed by atoms with Crippen molar-refractivity contribution in [2.45, 2.75) is 46.1 Å². The number of aromatic nitrogens is 3. The van der Waals surface area contributed by atoms with E-state index in [0.717, 1.165) is 32.0 Å². The van der Waals surface area contributed by atoms with Crippen LogP contribution in [0.25, 0.3) is 0 Å². The first kappa shape index (κ1) is 14.3. The molecular weight excluding hydrogens is 262 g/mol. The van der Waals surface area contributed by atoms with E-state index < -0.39 is 0 Å². The Bertz CT molecular complexity index is 417. The summed E-state index contributed by atoms with van der Waals surface area (Å²) in [6.07, 6.45) is 3.54. The minimum atomic E-state index is 0.286. The van der Waals surface area contributed by atoms with Gasteiger partial charge < -0.3 is 9.80 Å². The molecule has 1 fully saturated rings. The Morgan fingerprint density at radius 1 is 1.05 bits per heavy atom. The molecule has 5 nitrogen and oxygen atoms in total. The van der Waals surface area contributed by atoms with Gasteiger partial charge in [0.05, 0.1) is 0 Å². The van der Waals surface area contributed by atoms with Crippen LogP contribution in [0, 0.1) is 0 Å². The van der Waals surface area contributed by atoms with E-state index in [1.54, 1.807) is 0 Å². The highest BCUT2D eigenvalue weighted by molar-refractivity contribution is 6.28. The molecule has 0 amide bonds. The van der Waals surface area contributed by atoms with Crippen molar-refractivity contribution in [1.29, 1.82) is 0 Å². The molecule has 1 aliphatic carbocycles. The third-order valence-corrected chi connectivity index (χ3v) is 3.51. The van der Waals surface area contributed by atoms with Gasteiger partial charge in [0.2, 0.25) is 17.2 Å². The van der Waals surface area contributed by atoms with Crippen LogP contribution in [0.4, 0.5) is 11.9 Å². The topological polar surface area (TPSA) is 45.2 Å². The van der Waals surface area contributed by atoms with Crippen molar-refractivity contribution >= 4 is 23.5 Å². The normalized spacial score (nSPS) is 14.5. The third-order valence-electron chi connectivity index (χ3n) is 3.34. The summed E-state index contributed by atoms with van der Waals surface area (Å²) >= 11 is 6.06. The summed E-state index contributed by atoms with van der Waals surface area (Å²) in [5.74, 6) is 1.41. The first-order valence-electron chi connectivity index (χ1n) is 7.12. The maximum atomic E-state index is 6.06. The average Bonchev–Trinajstić information content (AvgIpc) is 3.21. The molecule has 1 heterocycles. The van der Waals surface area contributed by atoms with Gasteiger partial charge in [-0.1, -0.05) is 6.92 Å². The quantitative estimate of drug-likeness (QED) is 0.770. The zero-order valence-corrected chi connectivity index (χ0v) is 12.7. The van der Waals surface area contributed by atoms with Gasteiger partial charge in [0.25, 0.3) is 0 Å². The number of halogens is 1. The fraction of sp³-hybridized carbons (Fsp3) is 0.769. The lowest BCUT2D eigenvalue weighted by Gasteiger charge is -2.24. The van der Waals surface area contributed by atoms with Gasteiger partial charge >= 0.3 is 0 Å². The standard InChI is InChI=1S/C13H22ClN5/c1-4-9-19(10-7-8-10)13-16-11(14)15-12(17-13)18(5-2)6-3/h10H,4-9H2,1-3H3. The molecule has 1 aliphatic rings. The van der Waals surface area contributed by atoms with Gasteiger partial charge in [-0.2, -0.15) is 15.0 Å². The summed E-state index contributed by atoms with van der Waals surface area (Å²) in [5, 5.41) is 0.286. The monoisotopic (exact) mass is 283 g/mol. The van der Waals surface area contributed by atoms with Crippen LogP contribution in [-0.4, -0.2) is 40.6 Å². The van der Waals surface area contributed by atoms with Crippen LogP contribution in [-0.2, 0) is 0 Å². The second-order valence-electron chi connectivity index (χ2n) is 4.80. The third kappa shape index (κ3) is 3.47. The highest BCUT2D eigenvalue weighted by Crippen LogP contribution is 2.30. The highest BCUT2D eigenvalue weighted by atomic mass is 35.5. The van der Waals surface area contributed by atoms with Crippen LogP contribution in [0.15, 0.2) is 0 Å². The van der Waals surface area contributed by atoms with Crippen molar-refractivity contribution in [2.24, 2.45) is 0 Å². The Labute approximate surface area is 120 Å². The molecule has 0 aliphatic heterocycles. The van der Waals surface area contributed by atoms with Crippen molar-refractivity contribution in [3.8, 4) is 0 Å². The number of nitrogens with zero attached hydrogens (tertiary/aromatic N) is 5. The van der Waals surface area contributed by atoms with Gasteiger partial charge in [0.1, 0.15) is 0 Å². The van der Waals surface area contributed by atoms with Gasteiger partial charge in [0, 0.05) is 25.7 Å². The molecule has 0 N–H and O–H groups in total. The van der Waals surface area contributed by atoms with E-state index in [2.05, 4.69) is 45.5 Å². The van der Waals surface area contributed by atoms with Crippen LogP contribution in [0.2, 0.25) is 5.28 Å². The van der Waals surface area contributed by atoms with Gasteiger partial charge in [-0.3, -0.25) is 0 Å². The second-order valence-corrected chi connectivity index (χ2v) is 5.14. The summed E-state index contributed by atoms with van der Waals surface area (Å²) in [6.45, 7) is 9.06. The summed E-state index contributed by atoms with van der Waals surface area (Å²) in [6, 6.07) is 0.586. The zero-order valence-electron chi connectivity index (χ0n) is 11.9. The number of hydrogen-bond donors (Lipinski definition) is 0. The molecule has 2 rings (SSSR count). The minimum absolute atomic E-state index is 0.286. The van der Waals surface area contributed by atoms with Crippen LogP contribution >= 0.6 is 11.6 Å². The molecule has 0 atom stereocenters. The summed E-state index contributed by atoms with van der Waals surface area (Å²) in [4.78, 5) is 17.5. The smallest absolute Gasteiger partial charge is 0.231 e. The molecule has 106 valence electrons. The molecule has 6 heteroatoms. The van der Waals surface area contributed by atoms with Crippen molar-refractivity contribution in [1.82, 2.24) is 15.0 Å². The summed E-state index contributed by atoms with van der Waals surface area (Å²) < 4.78 is 0. The summed E-state index contributed by atoms with van der Waals surface area (Å²) in [5.41, 5.74) is 0. The zero-order chi connectivity index (χ0) is 13.8. The van der Waals surface area contributed by atoms with E-state index in [-0.39, 0.29) is 5.28 Å². The van der Waals surface area contributed by atoms with E-state index in [1.165, 1.54) is 12.8 Å². The highest BCUT2D eigenvalue weighted by Gasteiger charge is 2.31. The average molecular weight is 284 g/mol. The van der Waals surface area contributed by atoms with E-state index in [9.17, 15) is 0 Å². The Morgan fingerprint density at radius 3 is 2.21 bits per heavy atom. The predicted molar refractivity (Wildman–Crippen MR) is 79.1 cm³/mol. The largest absolute Gasteiger partial charge is 0.341 e. The number of rotatable bonds is 7.